The largest absolute Gasteiger partial charge is 0.466 e. The van der Waals surface area contributed by atoms with Crippen LogP contribution in [-0.4, -0.2) is 68.7 Å². The number of sulfonamides is 1. The molecule has 0 saturated carbocycles. The molecule has 26 heavy (non-hydrogen) atoms. The third-order valence-corrected chi connectivity index (χ3v) is 5.90. The fourth-order valence-corrected chi connectivity index (χ4v) is 4.40. The lowest BCUT2D eigenvalue weighted by atomic mass is 10.2. The lowest BCUT2D eigenvalue weighted by Crippen LogP contribution is -2.43. The zero-order valence-electron chi connectivity index (χ0n) is 15.4. The Morgan fingerprint density at radius 2 is 1.92 bits per heavy atom. The number of ether oxygens (including phenoxy) is 2. The third-order valence-electron chi connectivity index (χ3n) is 3.83. The van der Waals surface area contributed by atoms with Crippen molar-refractivity contribution in [3.63, 3.8) is 0 Å². The summed E-state index contributed by atoms with van der Waals surface area (Å²) in [5.41, 5.74) is 0. The summed E-state index contributed by atoms with van der Waals surface area (Å²) >= 11 is 0. The first-order valence-corrected chi connectivity index (χ1v) is 10.5. The molecule has 0 bridgehead atoms. The van der Waals surface area contributed by atoms with E-state index in [0.29, 0.717) is 38.8 Å². The van der Waals surface area contributed by atoms with E-state index >= 15 is 0 Å². The maximum Gasteiger partial charge on any atom is 0.324 e. The molecule has 0 aromatic carbocycles. The highest BCUT2D eigenvalue weighted by atomic mass is 32.2. The number of esters is 2. The normalized spacial score (nSPS) is 17.7. The van der Waals surface area contributed by atoms with Gasteiger partial charge in [-0.05, 0) is 32.6 Å². The molecule has 1 aliphatic heterocycles. The number of hydrogen-bond acceptors (Lipinski definition) is 7. The predicted molar refractivity (Wildman–Crippen MR) is 93.6 cm³/mol. The van der Waals surface area contributed by atoms with Crippen molar-refractivity contribution in [3.8, 4) is 0 Å². The number of hydrogen-bond donors (Lipinski definition) is 1. The minimum absolute atomic E-state index is 0.0161. The Bertz CT molecular complexity index is 591. The molecule has 1 saturated heterocycles. The third kappa shape index (κ3) is 7.28. The van der Waals surface area contributed by atoms with Gasteiger partial charge in [0.25, 0.3) is 5.91 Å². The van der Waals surface area contributed by atoms with E-state index in [2.05, 4.69) is 5.32 Å². The number of rotatable bonds is 11. The Labute approximate surface area is 154 Å². The number of nitrogens with zero attached hydrogens (tertiary/aromatic N) is 1. The molecule has 10 heteroatoms. The van der Waals surface area contributed by atoms with Gasteiger partial charge in [0.15, 0.2) is 6.61 Å². The molecule has 1 N–H and O–H groups in total. The number of carbonyl (C=O) groups excluding carboxylic acids is 3. The summed E-state index contributed by atoms with van der Waals surface area (Å²) in [6.45, 7) is 3.86. The standard InChI is InChI=1S/C16H28N2O7S/c1-3-11-26(22,23)18-10-6-7-13(18)16(21)25-12-14(19)17-9-5-8-15(20)24-4-2/h13H,3-12H2,1-2H3,(H,17,19). The van der Waals surface area contributed by atoms with Crippen molar-refractivity contribution in [1.29, 1.82) is 0 Å². The van der Waals surface area contributed by atoms with Crippen LogP contribution in [0, 0.1) is 0 Å². The molecule has 1 fully saturated rings. The van der Waals surface area contributed by atoms with Crippen LogP contribution in [0.25, 0.3) is 0 Å². The van der Waals surface area contributed by atoms with Crippen molar-refractivity contribution in [2.24, 2.45) is 0 Å². The van der Waals surface area contributed by atoms with E-state index in [1.165, 1.54) is 4.31 Å². The van der Waals surface area contributed by atoms with Crippen LogP contribution in [0.4, 0.5) is 0 Å². The highest BCUT2D eigenvalue weighted by Crippen LogP contribution is 2.22. The molecule has 0 aromatic heterocycles. The first-order valence-electron chi connectivity index (χ1n) is 8.90. The molecular formula is C16H28N2O7S. The van der Waals surface area contributed by atoms with E-state index in [1.54, 1.807) is 13.8 Å². The molecule has 0 spiro atoms. The van der Waals surface area contributed by atoms with Gasteiger partial charge in [-0.15, -0.1) is 0 Å². The van der Waals surface area contributed by atoms with E-state index < -0.39 is 34.5 Å². The van der Waals surface area contributed by atoms with Gasteiger partial charge in [-0.1, -0.05) is 6.92 Å². The highest BCUT2D eigenvalue weighted by Gasteiger charge is 2.39. The Morgan fingerprint density at radius 1 is 1.19 bits per heavy atom. The lowest BCUT2D eigenvalue weighted by Gasteiger charge is -2.22. The molecule has 1 rings (SSSR count). The van der Waals surface area contributed by atoms with Crippen molar-refractivity contribution in [3.05, 3.63) is 0 Å². The monoisotopic (exact) mass is 392 g/mol. The molecule has 1 heterocycles. The molecule has 0 aromatic rings. The summed E-state index contributed by atoms with van der Waals surface area (Å²) in [6, 6.07) is -0.858. The molecule has 1 atom stereocenters. The number of nitrogens with one attached hydrogen (secondary N) is 1. The Kier molecular flexibility index (Phi) is 9.57. The molecule has 150 valence electrons. The number of carbonyl (C=O) groups is 3. The van der Waals surface area contributed by atoms with E-state index in [-0.39, 0.29) is 24.7 Å². The van der Waals surface area contributed by atoms with Gasteiger partial charge in [0.2, 0.25) is 10.0 Å². The van der Waals surface area contributed by atoms with Crippen molar-refractivity contribution < 1.29 is 32.3 Å². The quantitative estimate of drug-likeness (QED) is 0.394. The van der Waals surface area contributed by atoms with Crippen molar-refractivity contribution in [2.75, 3.05) is 32.1 Å². The minimum atomic E-state index is -3.49. The molecular weight excluding hydrogens is 364 g/mol. The SMILES string of the molecule is CCCS(=O)(=O)N1CCCC1C(=O)OCC(=O)NCCCC(=O)OCC. The maximum absolute atomic E-state index is 12.2. The van der Waals surface area contributed by atoms with Crippen LogP contribution < -0.4 is 5.32 Å². The van der Waals surface area contributed by atoms with Gasteiger partial charge in [0.05, 0.1) is 12.4 Å². The summed E-state index contributed by atoms with van der Waals surface area (Å²) in [5, 5.41) is 2.53. The topological polar surface area (TPSA) is 119 Å². The zero-order chi connectivity index (χ0) is 19.6. The van der Waals surface area contributed by atoms with Crippen LogP contribution in [0.5, 0.6) is 0 Å². The highest BCUT2D eigenvalue weighted by molar-refractivity contribution is 7.89. The van der Waals surface area contributed by atoms with Gasteiger partial charge in [0.1, 0.15) is 6.04 Å². The first-order chi connectivity index (χ1) is 12.3. The van der Waals surface area contributed by atoms with Crippen LogP contribution in [0.1, 0.15) is 46.0 Å². The second-order valence-electron chi connectivity index (χ2n) is 5.95. The van der Waals surface area contributed by atoms with Gasteiger partial charge < -0.3 is 14.8 Å². The van der Waals surface area contributed by atoms with Gasteiger partial charge in [-0.2, -0.15) is 4.31 Å². The molecule has 1 unspecified atom stereocenters. The van der Waals surface area contributed by atoms with E-state index in [0.717, 1.165) is 0 Å². The van der Waals surface area contributed by atoms with Crippen molar-refractivity contribution >= 4 is 27.9 Å². The molecule has 0 aliphatic carbocycles. The van der Waals surface area contributed by atoms with Gasteiger partial charge in [-0.25, -0.2) is 8.42 Å². The summed E-state index contributed by atoms with van der Waals surface area (Å²) in [5.74, 6) is -1.55. The van der Waals surface area contributed by atoms with Gasteiger partial charge in [-0.3, -0.25) is 14.4 Å². The summed E-state index contributed by atoms with van der Waals surface area (Å²) in [7, 11) is -3.49. The maximum atomic E-state index is 12.2. The van der Waals surface area contributed by atoms with E-state index in [1.807, 2.05) is 0 Å². The Balaban J connectivity index is 2.34. The first kappa shape index (κ1) is 22.4. The van der Waals surface area contributed by atoms with Gasteiger partial charge in [0, 0.05) is 19.5 Å². The van der Waals surface area contributed by atoms with Crippen LogP contribution >= 0.6 is 0 Å². The van der Waals surface area contributed by atoms with Crippen molar-refractivity contribution in [1.82, 2.24) is 9.62 Å². The predicted octanol–water partition coefficient (Wildman–Crippen LogP) is 0.193. The van der Waals surface area contributed by atoms with Crippen LogP contribution in [0.2, 0.25) is 0 Å². The second-order valence-corrected chi connectivity index (χ2v) is 7.99. The Morgan fingerprint density at radius 3 is 2.58 bits per heavy atom. The Hall–Kier alpha value is -1.68. The average molecular weight is 392 g/mol. The molecule has 1 amide bonds. The average Bonchev–Trinajstić information content (AvgIpc) is 3.07. The van der Waals surface area contributed by atoms with Crippen LogP contribution in [-0.2, 0) is 33.9 Å². The van der Waals surface area contributed by atoms with E-state index in [9.17, 15) is 22.8 Å². The van der Waals surface area contributed by atoms with Gasteiger partial charge >= 0.3 is 11.9 Å². The van der Waals surface area contributed by atoms with Crippen LogP contribution in [0.3, 0.4) is 0 Å². The summed E-state index contributed by atoms with van der Waals surface area (Å²) in [6.07, 6.45) is 2.06. The van der Waals surface area contributed by atoms with E-state index in [4.69, 9.17) is 9.47 Å². The smallest absolute Gasteiger partial charge is 0.324 e. The van der Waals surface area contributed by atoms with Crippen molar-refractivity contribution in [2.45, 2.75) is 52.0 Å². The summed E-state index contributed by atoms with van der Waals surface area (Å²) < 4.78 is 35.2. The second kappa shape index (κ2) is 11.1. The lowest BCUT2D eigenvalue weighted by molar-refractivity contribution is -0.151. The molecule has 9 nitrogen and oxygen atoms in total. The molecule has 0 radical (unpaired) electrons. The molecule has 1 aliphatic rings. The number of amides is 1. The summed E-state index contributed by atoms with van der Waals surface area (Å²) in [4.78, 5) is 35.0. The zero-order valence-corrected chi connectivity index (χ0v) is 16.2. The fourth-order valence-electron chi connectivity index (χ4n) is 2.66. The minimum Gasteiger partial charge on any atom is -0.466 e. The van der Waals surface area contributed by atoms with Crippen LogP contribution in [0.15, 0.2) is 0 Å². The fraction of sp³-hybridized carbons (Fsp3) is 0.812.